The molecule has 0 saturated heterocycles. The number of H-pyrrole nitrogens is 1. The highest BCUT2D eigenvalue weighted by molar-refractivity contribution is 6.02. The molecule has 25 heavy (non-hydrogen) atoms. The molecule has 0 atom stereocenters. The largest absolute Gasteiger partial charge is 0.462 e. The van der Waals surface area contributed by atoms with Crippen molar-refractivity contribution in [2.45, 2.75) is 27.3 Å². The molecule has 0 bridgehead atoms. The van der Waals surface area contributed by atoms with Crippen LogP contribution < -0.4 is 0 Å². The van der Waals surface area contributed by atoms with Crippen LogP contribution in [0.25, 0.3) is 0 Å². The number of likely N-dealkylation sites (N-methyl/N-ethyl adjacent to an activating group) is 1. The number of Topliss-reactive ketones (excluding diaryl/α,β-unsaturated/α-hetero) is 1. The molecule has 0 aliphatic rings. The lowest BCUT2D eigenvalue weighted by molar-refractivity contribution is 0.0525. The average molecular weight is 346 g/mol. The minimum atomic E-state index is -0.430. The Morgan fingerprint density at radius 1 is 1.28 bits per heavy atom. The van der Waals surface area contributed by atoms with Crippen LogP contribution in [0.5, 0.6) is 0 Å². The molecule has 2 aromatic rings. The molecule has 134 valence electrons. The highest BCUT2D eigenvalue weighted by Gasteiger charge is 2.23. The minimum Gasteiger partial charge on any atom is -0.462 e. The van der Waals surface area contributed by atoms with E-state index >= 15 is 0 Å². The molecule has 1 aromatic carbocycles. The number of nitrogens with zero attached hydrogens (tertiary/aromatic N) is 1. The first-order valence-corrected chi connectivity index (χ1v) is 8.16. The molecule has 0 spiro atoms. The van der Waals surface area contributed by atoms with Crippen molar-refractivity contribution >= 4 is 11.8 Å². The number of rotatable bonds is 7. The molecule has 1 heterocycles. The van der Waals surface area contributed by atoms with Crippen LogP contribution in [-0.2, 0) is 11.3 Å². The van der Waals surface area contributed by atoms with Crippen LogP contribution in [0.15, 0.2) is 24.3 Å². The van der Waals surface area contributed by atoms with E-state index in [1.54, 1.807) is 38.8 Å². The Morgan fingerprint density at radius 3 is 2.64 bits per heavy atom. The Balaban J connectivity index is 2.10. The van der Waals surface area contributed by atoms with Crippen molar-refractivity contribution in [3.05, 3.63) is 58.2 Å². The third kappa shape index (κ3) is 4.54. The second kappa shape index (κ2) is 8.07. The predicted molar refractivity (Wildman–Crippen MR) is 93.3 cm³/mol. The van der Waals surface area contributed by atoms with Crippen LogP contribution in [0.2, 0.25) is 0 Å². The first-order valence-electron chi connectivity index (χ1n) is 8.16. The van der Waals surface area contributed by atoms with Gasteiger partial charge in [-0.05, 0) is 51.1 Å². The van der Waals surface area contributed by atoms with Gasteiger partial charge in [-0.1, -0.05) is 12.1 Å². The summed E-state index contributed by atoms with van der Waals surface area (Å²) in [6, 6.07) is 6.29. The fourth-order valence-corrected chi connectivity index (χ4v) is 2.87. The summed E-state index contributed by atoms with van der Waals surface area (Å²) in [4.78, 5) is 29.4. The topological polar surface area (TPSA) is 62.4 Å². The SMILES string of the molecule is CCOC(=O)c1c(C)[nH]c(C(=O)CN(C)Cc2cccc(F)c2)c1C. The maximum atomic E-state index is 13.2. The van der Waals surface area contributed by atoms with Gasteiger partial charge in [0.25, 0.3) is 0 Å². The molecule has 2 rings (SSSR count). The molecule has 0 fully saturated rings. The van der Waals surface area contributed by atoms with Crippen molar-refractivity contribution in [3.63, 3.8) is 0 Å². The molecule has 0 unspecified atom stereocenters. The lowest BCUT2D eigenvalue weighted by Gasteiger charge is -2.15. The molecule has 0 radical (unpaired) electrons. The van der Waals surface area contributed by atoms with Gasteiger partial charge in [-0.2, -0.15) is 0 Å². The van der Waals surface area contributed by atoms with Gasteiger partial charge in [0.2, 0.25) is 0 Å². The third-order valence-corrected chi connectivity index (χ3v) is 3.95. The van der Waals surface area contributed by atoms with Crippen molar-refractivity contribution in [1.82, 2.24) is 9.88 Å². The normalized spacial score (nSPS) is 11.0. The first-order chi connectivity index (χ1) is 11.8. The van der Waals surface area contributed by atoms with E-state index in [-0.39, 0.29) is 24.8 Å². The van der Waals surface area contributed by atoms with Crippen LogP contribution in [0.1, 0.15) is 44.6 Å². The van der Waals surface area contributed by atoms with E-state index in [2.05, 4.69) is 4.98 Å². The number of esters is 1. The summed E-state index contributed by atoms with van der Waals surface area (Å²) in [6.07, 6.45) is 0. The van der Waals surface area contributed by atoms with Gasteiger partial charge in [0, 0.05) is 12.2 Å². The van der Waals surface area contributed by atoms with Crippen molar-refractivity contribution in [3.8, 4) is 0 Å². The number of carbonyl (C=O) groups is 2. The van der Waals surface area contributed by atoms with Crippen molar-refractivity contribution < 1.29 is 18.7 Å². The Hall–Kier alpha value is -2.47. The quantitative estimate of drug-likeness (QED) is 0.617. The summed E-state index contributed by atoms with van der Waals surface area (Å²) < 4.78 is 18.3. The summed E-state index contributed by atoms with van der Waals surface area (Å²) in [6.45, 7) is 6.10. The number of aryl methyl sites for hydroxylation is 1. The maximum absolute atomic E-state index is 13.2. The lowest BCUT2D eigenvalue weighted by atomic mass is 10.1. The Labute approximate surface area is 146 Å². The van der Waals surface area contributed by atoms with Gasteiger partial charge in [0.1, 0.15) is 5.82 Å². The first kappa shape index (κ1) is 18.9. The third-order valence-electron chi connectivity index (χ3n) is 3.95. The number of hydrogen-bond donors (Lipinski definition) is 1. The minimum absolute atomic E-state index is 0.130. The Kier molecular flexibility index (Phi) is 6.09. The van der Waals surface area contributed by atoms with Gasteiger partial charge in [-0.3, -0.25) is 9.69 Å². The van der Waals surface area contributed by atoms with E-state index in [0.29, 0.717) is 29.1 Å². The monoisotopic (exact) mass is 346 g/mol. The van der Waals surface area contributed by atoms with E-state index in [1.807, 2.05) is 6.07 Å². The average Bonchev–Trinajstić information content (AvgIpc) is 2.82. The summed E-state index contributed by atoms with van der Waals surface area (Å²) in [5.74, 6) is -0.858. The number of aromatic amines is 1. The molecule has 0 amide bonds. The van der Waals surface area contributed by atoms with Crippen molar-refractivity contribution in [2.75, 3.05) is 20.2 Å². The highest BCUT2D eigenvalue weighted by atomic mass is 19.1. The van der Waals surface area contributed by atoms with E-state index in [4.69, 9.17) is 4.74 Å². The summed E-state index contributed by atoms with van der Waals surface area (Å²) in [5, 5.41) is 0. The Morgan fingerprint density at radius 2 is 2.00 bits per heavy atom. The fraction of sp³-hybridized carbons (Fsp3) is 0.368. The highest BCUT2D eigenvalue weighted by Crippen LogP contribution is 2.20. The molecule has 0 aliphatic heterocycles. The molecular weight excluding hydrogens is 323 g/mol. The number of ether oxygens (including phenoxy) is 1. The van der Waals surface area contributed by atoms with Gasteiger partial charge in [0.15, 0.2) is 5.78 Å². The number of hydrogen-bond acceptors (Lipinski definition) is 4. The zero-order chi connectivity index (χ0) is 18.6. The van der Waals surface area contributed by atoms with E-state index in [0.717, 1.165) is 5.56 Å². The summed E-state index contributed by atoms with van der Waals surface area (Å²) in [7, 11) is 1.79. The van der Waals surface area contributed by atoms with Gasteiger partial charge in [-0.25, -0.2) is 9.18 Å². The number of carbonyl (C=O) groups excluding carboxylic acids is 2. The zero-order valence-electron chi connectivity index (χ0n) is 15.0. The summed E-state index contributed by atoms with van der Waals surface area (Å²) in [5.41, 5.74) is 2.83. The molecule has 6 heteroatoms. The second-order valence-electron chi connectivity index (χ2n) is 6.07. The molecular formula is C19H23FN2O3. The zero-order valence-corrected chi connectivity index (χ0v) is 15.0. The number of aromatic nitrogens is 1. The van der Waals surface area contributed by atoms with Crippen LogP contribution in [-0.4, -0.2) is 41.8 Å². The predicted octanol–water partition coefficient (Wildman–Crippen LogP) is 3.26. The number of ketones is 1. The van der Waals surface area contributed by atoms with E-state index in [1.165, 1.54) is 12.1 Å². The molecule has 0 aliphatic carbocycles. The van der Waals surface area contributed by atoms with Crippen LogP contribution in [0, 0.1) is 19.7 Å². The summed E-state index contributed by atoms with van der Waals surface area (Å²) >= 11 is 0. The van der Waals surface area contributed by atoms with Crippen molar-refractivity contribution in [1.29, 1.82) is 0 Å². The molecule has 1 N–H and O–H groups in total. The number of nitrogens with one attached hydrogen (secondary N) is 1. The fourth-order valence-electron chi connectivity index (χ4n) is 2.87. The molecule has 5 nitrogen and oxygen atoms in total. The van der Waals surface area contributed by atoms with Gasteiger partial charge in [-0.15, -0.1) is 0 Å². The smallest absolute Gasteiger partial charge is 0.340 e. The van der Waals surface area contributed by atoms with E-state index < -0.39 is 5.97 Å². The Bertz CT molecular complexity index is 783. The molecule has 1 aromatic heterocycles. The van der Waals surface area contributed by atoms with E-state index in [9.17, 15) is 14.0 Å². The molecule has 0 saturated carbocycles. The van der Waals surface area contributed by atoms with Gasteiger partial charge >= 0.3 is 5.97 Å². The van der Waals surface area contributed by atoms with Crippen molar-refractivity contribution in [2.24, 2.45) is 0 Å². The number of benzene rings is 1. The maximum Gasteiger partial charge on any atom is 0.340 e. The van der Waals surface area contributed by atoms with Crippen LogP contribution in [0.3, 0.4) is 0 Å². The van der Waals surface area contributed by atoms with Crippen LogP contribution in [0.4, 0.5) is 4.39 Å². The van der Waals surface area contributed by atoms with Gasteiger partial charge < -0.3 is 9.72 Å². The standard InChI is InChI=1S/C19H23FN2O3/c1-5-25-19(24)17-12(2)18(21-13(17)3)16(23)11-22(4)10-14-7-6-8-15(20)9-14/h6-9,21H,5,10-11H2,1-4H3. The van der Waals surface area contributed by atoms with Gasteiger partial charge in [0.05, 0.1) is 24.4 Å². The van der Waals surface area contributed by atoms with Crippen LogP contribution >= 0.6 is 0 Å². The number of halogens is 1. The lowest BCUT2D eigenvalue weighted by Crippen LogP contribution is -2.26. The second-order valence-corrected chi connectivity index (χ2v) is 6.07.